The van der Waals surface area contributed by atoms with Crippen molar-refractivity contribution in [2.75, 3.05) is 0 Å². The van der Waals surface area contributed by atoms with Crippen LogP contribution in [0.5, 0.6) is 11.6 Å². The number of primary amides is 1. The number of halogens is 1. The minimum Gasteiger partial charge on any atom is -0.439 e. The highest BCUT2D eigenvalue weighted by Crippen LogP contribution is 2.20. The maximum Gasteiger partial charge on any atom is 0.250 e. The van der Waals surface area contributed by atoms with Crippen LogP contribution in [0.25, 0.3) is 0 Å². The maximum absolute atomic E-state index is 13.2. The number of benzene rings is 2. The Hall–Kier alpha value is -3.25. The van der Waals surface area contributed by atoms with Gasteiger partial charge < -0.3 is 15.8 Å². The molecule has 1 aromatic heterocycles. The first-order valence-corrected chi connectivity index (χ1v) is 9.50. The van der Waals surface area contributed by atoms with Crippen LogP contribution in [0.1, 0.15) is 34.8 Å². The number of nitrogens with zero attached hydrogens (tertiary/aromatic N) is 1. The molecule has 3 aromatic rings. The number of carbonyl (C=O) groups excluding carboxylic acids is 1. The lowest BCUT2D eigenvalue weighted by molar-refractivity contribution is 0.1000. The first-order valence-electron chi connectivity index (χ1n) is 9.50. The molecule has 150 valence electrons. The van der Waals surface area contributed by atoms with Crippen molar-refractivity contribution in [1.29, 1.82) is 0 Å². The summed E-state index contributed by atoms with van der Waals surface area (Å²) in [5.74, 6) is 0.342. The fraction of sp³-hybridized carbons (Fsp3) is 0.217. The van der Waals surface area contributed by atoms with Crippen molar-refractivity contribution in [3.8, 4) is 11.6 Å². The lowest BCUT2D eigenvalue weighted by Crippen LogP contribution is -2.26. The van der Waals surface area contributed by atoms with Gasteiger partial charge in [-0.05, 0) is 61.2 Å². The summed E-state index contributed by atoms with van der Waals surface area (Å²) in [4.78, 5) is 15.1. The van der Waals surface area contributed by atoms with Crippen molar-refractivity contribution in [3.63, 3.8) is 0 Å². The van der Waals surface area contributed by atoms with Crippen molar-refractivity contribution in [3.05, 3.63) is 89.4 Å². The number of aryl methyl sites for hydroxylation is 1. The summed E-state index contributed by atoms with van der Waals surface area (Å²) in [6.07, 6.45) is 3.28. The van der Waals surface area contributed by atoms with Gasteiger partial charge in [0.2, 0.25) is 11.8 Å². The number of hydrogen-bond acceptors (Lipinski definition) is 4. The number of hydrogen-bond donors (Lipinski definition) is 2. The van der Waals surface area contributed by atoms with Crippen molar-refractivity contribution >= 4 is 5.91 Å². The third kappa shape index (κ3) is 6.40. The summed E-state index contributed by atoms with van der Waals surface area (Å²) in [6, 6.07) is 18.0. The second-order valence-electron chi connectivity index (χ2n) is 6.95. The summed E-state index contributed by atoms with van der Waals surface area (Å²) < 4.78 is 18.9. The lowest BCUT2D eigenvalue weighted by atomic mass is 10.1. The van der Waals surface area contributed by atoms with Crippen LogP contribution in [0.2, 0.25) is 0 Å². The summed E-state index contributed by atoms with van der Waals surface area (Å²) in [5, 5.41) is 3.42. The van der Waals surface area contributed by atoms with E-state index in [1.165, 1.54) is 17.8 Å². The van der Waals surface area contributed by atoms with Crippen LogP contribution in [0.3, 0.4) is 0 Å². The van der Waals surface area contributed by atoms with Crippen molar-refractivity contribution in [1.82, 2.24) is 10.3 Å². The molecule has 0 aliphatic heterocycles. The number of rotatable bonds is 9. The highest BCUT2D eigenvalue weighted by molar-refractivity contribution is 5.92. The number of pyridine rings is 1. The van der Waals surface area contributed by atoms with E-state index >= 15 is 0 Å². The normalized spacial score (nSPS) is 11.8. The topological polar surface area (TPSA) is 77.2 Å². The average molecular weight is 393 g/mol. The third-order valence-electron chi connectivity index (χ3n) is 4.58. The Morgan fingerprint density at radius 3 is 2.59 bits per heavy atom. The van der Waals surface area contributed by atoms with E-state index in [2.05, 4.69) is 17.2 Å². The van der Waals surface area contributed by atoms with Crippen molar-refractivity contribution in [2.24, 2.45) is 5.73 Å². The van der Waals surface area contributed by atoms with E-state index in [0.717, 1.165) is 18.4 Å². The number of nitrogens with one attached hydrogen (secondary N) is 1. The van der Waals surface area contributed by atoms with Gasteiger partial charge >= 0.3 is 0 Å². The van der Waals surface area contributed by atoms with Gasteiger partial charge in [-0.2, -0.15) is 0 Å². The fourth-order valence-electron chi connectivity index (χ4n) is 2.86. The molecule has 0 saturated carbocycles. The zero-order valence-electron chi connectivity index (χ0n) is 16.3. The molecule has 0 radical (unpaired) electrons. The van der Waals surface area contributed by atoms with Gasteiger partial charge in [-0.1, -0.05) is 24.3 Å². The molecule has 1 atom stereocenters. The first-order chi connectivity index (χ1) is 14.0. The number of carbonyl (C=O) groups is 1. The molecule has 3 N–H and O–H groups in total. The molecule has 0 aliphatic carbocycles. The van der Waals surface area contributed by atoms with Crippen molar-refractivity contribution < 1.29 is 13.9 Å². The number of nitrogens with two attached hydrogens (primary N) is 1. The molecule has 1 heterocycles. The minimum atomic E-state index is -0.520. The third-order valence-corrected chi connectivity index (χ3v) is 4.58. The zero-order chi connectivity index (χ0) is 20.6. The summed E-state index contributed by atoms with van der Waals surface area (Å²) >= 11 is 0. The van der Waals surface area contributed by atoms with Gasteiger partial charge in [0.05, 0.1) is 5.56 Å². The molecule has 3 rings (SSSR count). The molecule has 1 amide bonds. The molecule has 2 aromatic carbocycles. The molecular formula is C23H24FN3O2. The van der Waals surface area contributed by atoms with Gasteiger partial charge in [0.15, 0.2) is 0 Å². The Morgan fingerprint density at radius 2 is 1.93 bits per heavy atom. The van der Waals surface area contributed by atoms with Gasteiger partial charge in [-0.25, -0.2) is 9.37 Å². The molecule has 0 aliphatic rings. The molecule has 0 fully saturated rings. The Kier molecular flexibility index (Phi) is 6.92. The molecule has 1 unspecified atom stereocenters. The number of aromatic nitrogens is 1. The summed E-state index contributed by atoms with van der Waals surface area (Å²) in [7, 11) is 0. The zero-order valence-corrected chi connectivity index (χ0v) is 16.3. The second-order valence-corrected chi connectivity index (χ2v) is 6.95. The van der Waals surface area contributed by atoms with Crippen molar-refractivity contribution in [2.45, 2.75) is 32.4 Å². The molecule has 6 heteroatoms. The van der Waals surface area contributed by atoms with E-state index < -0.39 is 5.91 Å². The van der Waals surface area contributed by atoms with E-state index in [4.69, 9.17) is 10.5 Å². The quantitative estimate of drug-likeness (QED) is 0.571. The van der Waals surface area contributed by atoms with Gasteiger partial charge in [0, 0.05) is 24.8 Å². The smallest absolute Gasteiger partial charge is 0.250 e. The van der Waals surface area contributed by atoms with E-state index in [-0.39, 0.29) is 5.82 Å². The number of ether oxygens (including phenoxy) is 1. The lowest BCUT2D eigenvalue weighted by Gasteiger charge is -2.14. The van der Waals surface area contributed by atoms with E-state index in [9.17, 15) is 9.18 Å². The Morgan fingerprint density at radius 1 is 1.14 bits per heavy atom. The maximum atomic E-state index is 13.2. The van der Waals surface area contributed by atoms with Gasteiger partial charge in [-0.3, -0.25) is 4.79 Å². The van der Waals surface area contributed by atoms with Crippen LogP contribution in [-0.4, -0.2) is 16.9 Å². The molecular weight excluding hydrogens is 369 g/mol. The second kappa shape index (κ2) is 9.80. The minimum absolute atomic E-state index is 0.210. The van der Waals surface area contributed by atoms with Gasteiger partial charge in [-0.15, -0.1) is 0 Å². The monoisotopic (exact) mass is 393 g/mol. The SMILES string of the molecule is CC(CCc1ccc(Oc2ccc(C(N)=O)cn2)cc1)NCc1cccc(F)c1. The van der Waals surface area contributed by atoms with Crippen LogP contribution in [0, 0.1) is 5.82 Å². The summed E-state index contributed by atoms with van der Waals surface area (Å²) in [6.45, 7) is 2.77. The Labute approximate surface area is 169 Å². The van der Waals surface area contributed by atoms with Gasteiger partial charge in [0.1, 0.15) is 11.6 Å². The van der Waals surface area contributed by atoms with Crippen LogP contribution in [0.15, 0.2) is 66.9 Å². The van der Waals surface area contributed by atoms with Crippen LogP contribution in [0.4, 0.5) is 4.39 Å². The molecule has 0 saturated heterocycles. The van der Waals surface area contributed by atoms with Crippen LogP contribution in [-0.2, 0) is 13.0 Å². The van der Waals surface area contributed by atoms with Crippen LogP contribution < -0.4 is 15.8 Å². The molecule has 0 spiro atoms. The average Bonchev–Trinajstić information content (AvgIpc) is 2.72. The molecule has 5 nitrogen and oxygen atoms in total. The van der Waals surface area contributed by atoms with E-state index in [0.29, 0.717) is 29.8 Å². The highest BCUT2D eigenvalue weighted by Gasteiger charge is 2.05. The Balaban J connectivity index is 1.45. The van der Waals surface area contributed by atoms with E-state index in [1.807, 2.05) is 30.3 Å². The standard InChI is InChI=1S/C23H24FN3O2/c1-16(26-14-18-3-2-4-20(24)13-18)5-6-17-7-10-21(11-8-17)29-22-12-9-19(15-27-22)23(25)28/h2-4,7-13,15-16,26H,5-6,14H2,1H3,(H2,25,28). The number of amides is 1. The molecule has 29 heavy (non-hydrogen) atoms. The van der Waals surface area contributed by atoms with Crippen LogP contribution >= 0.6 is 0 Å². The van der Waals surface area contributed by atoms with E-state index in [1.54, 1.807) is 24.3 Å². The van der Waals surface area contributed by atoms with Gasteiger partial charge in [0.25, 0.3) is 0 Å². The molecule has 0 bridgehead atoms. The predicted molar refractivity (Wildman–Crippen MR) is 110 cm³/mol. The fourth-order valence-corrected chi connectivity index (χ4v) is 2.86. The predicted octanol–water partition coefficient (Wildman–Crippen LogP) is 4.22. The highest BCUT2D eigenvalue weighted by atomic mass is 19.1. The Bertz CT molecular complexity index is 943. The largest absolute Gasteiger partial charge is 0.439 e. The first kappa shape index (κ1) is 20.5. The summed E-state index contributed by atoms with van der Waals surface area (Å²) in [5.41, 5.74) is 7.68.